The first-order chi connectivity index (χ1) is 9.58. The predicted molar refractivity (Wildman–Crippen MR) is 74.1 cm³/mol. The molecular weight excluding hydrogens is 257 g/mol. The molecule has 0 radical (unpaired) electrons. The quantitative estimate of drug-likeness (QED) is 0.916. The zero-order chi connectivity index (χ0) is 14.3. The van der Waals surface area contributed by atoms with E-state index in [0.29, 0.717) is 0 Å². The van der Waals surface area contributed by atoms with E-state index in [4.69, 9.17) is 4.74 Å². The van der Waals surface area contributed by atoms with Crippen LogP contribution in [0.2, 0.25) is 0 Å². The molecule has 0 spiro atoms. The maximum atomic E-state index is 13.4. The summed E-state index contributed by atoms with van der Waals surface area (Å²) in [5, 5.41) is 7.60. The van der Waals surface area contributed by atoms with E-state index in [9.17, 15) is 4.39 Å². The number of aryl methyl sites for hydroxylation is 2. The maximum Gasteiger partial charge on any atom is 0.129 e. The van der Waals surface area contributed by atoms with Gasteiger partial charge in [-0.05, 0) is 32.2 Å². The summed E-state index contributed by atoms with van der Waals surface area (Å²) in [7, 11) is 3.79. The van der Waals surface area contributed by atoms with Gasteiger partial charge in [0.25, 0.3) is 0 Å². The summed E-state index contributed by atoms with van der Waals surface area (Å²) in [5.41, 5.74) is 2.94. The standard InChI is InChI=1S/C15H18FN3O/c1-9-12(8-19(3)18-9)15-7-13(17-2)11-6-10(16)4-5-14(11)20-15/h4-6,8,13,15,17H,7H2,1-3H3. The van der Waals surface area contributed by atoms with Gasteiger partial charge in [-0.15, -0.1) is 0 Å². The summed E-state index contributed by atoms with van der Waals surface area (Å²) in [6.07, 6.45) is 2.69. The smallest absolute Gasteiger partial charge is 0.129 e. The number of aromatic nitrogens is 2. The normalized spacial score (nSPS) is 21.4. The minimum atomic E-state index is -0.233. The molecule has 0 fully saturated rings. The highest BCUT2D eigenvalue weighted by molar-refractivity contribution is 5.40. The first-order valence-electron chi connectivity index (χ1n) is 6.72. The molecule has 106 valence electrons. The average molecular weight is 275 g/mol. The molecule has 1 N–H and O–H groups in total. The fraction of sp³-hybridized carbons (Fsp3) is 0.400. The Hall–Kier alpha value is -1.88. The third-order valence-electron chi connectivity index (χ3n) is 3.81. The van der Waals surface area contributed by atoms with E-state index in [1.165, 1.54) is 6.07 Å². The molecule has 2 aromatic rings. The second-order valence-corrected chi connectivity index (χ2v) is 5.21. The van der Waals surface area contributed by atoms with Crippen molar-refractivity contribution in [2.24, 2.45) is 7.05 Å². The second-order valence-electron chi connectivity index (χ2n) is 5.21. The lowest BCUT2D eigenvalue weighted by molar-refractivity contribution is 0.153. The zero-order valence-corrected chi connectivity index (χ0v) is 11.9. The van der Waals surface area contributed by atoms with Crippen molar-refractivity contribution < 1.29 is 9.13 Å². The van der Waals surface area contributed by atoms with Crippen LogP contribution in [0, 0.1) is 12.7 Å². The number of halogens is 1. The monoisotopic (exact) mass is 275 g/mol. The second kappa shape index (κ2) is 4.90. The van der Waals surface area contributed by atoms with Crippen molar-refractivity contribution in [1.29, 1.82) is 0 Å². The van der Waals surface area contributed by atoms with Gasteiger partial charge in [0.05, 0.1) is 5.69 Å². The molecule has 0 amide bonds. The number of hydrogen-bond acceptors (Lipinski definition) is 3. The zero-order valence-electron chi connectivity index (χ0n) is 11.9. The van der Waals surface area contributed by atoms with Crippen LogP contribution in [0.5, 0.6) is 5.75 Å². The van der Waals surface area contributed by atoms with Gasteiger partial charge < -0.3 is 10.1 Å². The summed E-state index contributed by atoms with van der Waals surface area (Å²) in [4.78, 5) is 0. The van der Waals surface area contributed by atoms with Crippen LogP contribution in [0.3, 0.4) is 0 Å². The van der Waals surface area contributed by atoms with Crippen molar-refractivity contribution in [2.45, 2.75) is 25.5 Å². The molecule has 2 heterocycles. The molecule has 0 aliphatic carbocycles. The molecule has 20 heavy (non-hydrogen) atoms. The molecule has 1 aromatic heterocycles. The first-order valence-corrected chi connectivity index (χ1v) is 6.72. The van der Waals surface area contributed by atoms with Crippen molar-refractivity contribution >= 4 is 0 Å². The minimum Gasteiger partial charge on any atom is -0.485 e. The van der Waals surface area contributed by atoms with Crippen molar-refractivity contribution in [2.75, 3.05) is 7.05 Å². The van der Waals surface area contributed by atoms with E-state index in [1.807, 2.05) is 27.2 Å². The molecule has 5 heteroatoms. The Morgan fingerprint density at radius 2 is 2.20 bits per heavy atom. The van der Waals surface area contributed by atoms with E-state index in [1.54, 1.807) is 16.8 Å². The lowest BCUT2D eigenvalue weighted by Gasteiger charge is -2.32. The minimum absolute atomic E-state index is 0.0564. The predicted octanol–water partition coefficient (Wildman–Crippen LogP) is 2.65. The molecule has 1 aliphatic heterocycles. The van der Waals surface area contributed by atoms with E-state index >= 15 is 0 Å². The molecule has 2 unspecified atom stereocenters. The van der Waals surface area contributed by atoms with Crippen LogP contribution >= 0.6 is 0 Å². The third-order valence-corrected chi connectivity index (χ3v) is 3.81. The van der Waals surface area contributed by atoms with Crippen molar-refractivity contribution in [3.05, 3.63) is 47.0 Å². The molecule has 1 aliphatic rings. The topological polar surface area (TPSA) is 39.1 Å². The Labute approximate surface area is 117 Å². The van der Waals surface area contributed by atoms with Gasteiger partial charge in [-0.25, -0.2) is 4.39 Å². The van der Waals surface area contributed by atoms with E-state index in [2.05, 4.69) is 10.4 Å². The molecule has 0 saturated carbocycles. The highest BCUT2D eigenvalue weighted by Crippen LogP contribution is 2.41. The highest BCUT2D eigenvalue weighted by Gasteiger charge is 2.30. The van der Waals surface area contributed by atoms with Gasteiger partial charge in [0, 0.05) is 36.8 Å². The van der Waals surface area contributed by atoms with Crippen molar-refractivity contribution in [1.82, 2.24) is 15.1 Å². The molecule has 4 nitrogen and oxygen atoms in total. The number of benzene rings is 1. The lowest BCUT2D eigenvalue weighted by atomic mass is 9.93. The molecular formula is C15H18FN3O. The van der Waals surface area contributed by atoms with E-state index < -0.39 is 0 Å². The number of rotatable bonds is 2. The largest absolute Gasteiger partial charge is 0.485 e. The Kier molecular flexibility index (Phi) is 3.22. The molecule has 2 atom stereocenters. The Morgan fingerprint density at radius 1 is 1.40 bits per heavy atom. The summed E-state index contributed by atoms with van der Waals surface area (Å²) >= 11 is 0. The van der Waals surface area contributed by atoms with E-state index in [0.717, 1.165) is 29.0 Å². The number of nitrogens with one attached hydrogen (secondary N) is 1. The van der Waals surface area contributed by atoms with Crippen LogP contribution in [-0.2, 0) is 7.05 Å². The van der Waals surface area contributed by atoms with Crippen LogP contribution in [0.1, 0.15) is 35.4 Å². The summed E-state index contributed by atoms with van der Waals surface area (Å²) in [6, 6.07) is 4.76. The number of fused-ring (bicyclic) bond motifs is 1. The molecule has 0 bridgehead atoms. The van der Waals surface area contributed by atoms with Crippen LogP contribution in [0.25, 0.3) is 0 Å². The number of ether oxygens (including phenoxy) is 1. The molecule has 3 rings (SSSR count). The lowest BCUT2D eigenvalue weighted by Crippen LogP contribution is -2.27. The number of nitrogens with zero attached hydrogens (tertiary/aromatic N) is 2. The fourth-order valence-electron chi connectivity index (χ4n) is 2.84. The highest BCUT2D eigenvalue weighted by atomic mass is 19.1. The summed E-state index contributed by atoms with van der Waals surface area (Å²) in [5.74, 6) is 0.508. The van der Waals surface area contributed by atoms with Crippen LogP contribution < -0.4 is 10.1 Å². The fourth-order valence-corrected chi connectivity index (χ4v) is 2.84. The Balaban J connectivity index is 1.98. The van der Waals surface area contributed by atoms with Gasteiger partial charge in [0.2, 0.25) is 0 Å². The van der Waals surface area contributed by atoms with Crippen molar-refractivity contribution in [3.8, 4) is 5.75 Å². The summed E-state index contributed by atoms with van der Waals surface area (Å²) < 4.78 is 21.2. The molecule has 0 saturated heterocycles. The van der Waals surface area contributed by atoms with Gasteiger partial charge in [-0.1, -0.05) is 0 Å². The van der Waals surface area contributed by atoms with Crippen LogP contribution in [0.15, 0.2) is 24.4 Å². The van der Waals surface area contributed by atoms with Gasteiger partial charge >= 0.3 is 0 Å². The van der Waals surface area contributed by atoms with Crippen LogP contribution in [-0.4, -0.2) is 16.8 Å². The molecule has 1 aromatic carbocycles. The summed E-state index contributed by atoms with van der Waals surface area (Å²) in [6.45, 7) is 1.98. The first kappa shape index (κ1) is 13.1. The van der Waals surface area contributed by atoms with Crippen molar-refractivity contribution in [3.63, 3.8) is 0 Å². The van der Waals surface area contributed by atoms with Gasteiger partial charge in [0.15, 0.2) is 0 Å². The third kappa shape index (κ3) is 2.18. The van der Waals surface area contributed by atoms with Gasteiger partial charge in [-0.2, -0.15) is 5.10 Å². The van der Waals surface area contributed by atoms with Gasteiger partial charge in [0.1, 0.15) is 17.7 Å². The Bertz CT molecular complexity index is 638. The van der Waals surface area contributed by atoms with Crippen LogP contribution in [0.4, 0.5) is 4.39 Å². The van der Waals surface area contributed by atoms with Gasteiger partial charge in [-0.3, -0.25) is 4.68 Å². The maximum absolute atomic E-state index is 13.4. The average Bonchev–Trinajstić information content (AvgIpc) is 2.76. The number of hydrogen-bond donors (Lipinski definition) is 1. The SMILES string of the molecule is CNC1CC(c2cn(C)nc2C)Oc2ccc(F)cc21. The van der Waals surface area contributed by atoms with E-state index in [-0.39, 0.29) is 18.0 Å². The Morgan fingerprint density at radius 3 is 2.85 bits per heavy atom.